The summed E-state index contributed by atoms with van der Waals surface area (Å²) in [6.45, 7) is 0.330. The fourth-order valence-corrected chi connectivity index (χ4v) is 4.04. The fraction of sp³-hybridized carbons (Fsp3) is 0.238. The first kappa shape index (κ1) is 22.1. The van der Waals surface area contributed by atoms with Crippen molar-refractivity contribution in [2.24, 2.45) is 0 Å². The number of ketones is 1. The number of halogens is 2. The zero-order valence-electron chi connectivity index (χ0n) is 16.2. The number of carbonyl (C=O) groups excluding carboxylic acids is 2. The Morgan fingerprint density at radius 2 is 1.93 bits per heavy atom. The van der Waals surface area contributed by atoms with Gasteiger partial charge in [-0.15, -0.1) is 0 Å². The molecule has 2 aromatic carbocycles. The maximum absolute atomic E-state index is 12.9. The third kappa shape index (κ3) is 4.03. The molecule has 1 amide bonds. The maximum atomic E-state index is 12.9. The molecule has 1 aliphatic heterocycles. The van der Waals surface area contributed by atoms with Gasteiger partial charge in [0.25, 0.3) is 11.7 Å². The fourth-order valence-electron chi connectivity index (χ4n) is 3.31. The highest BCUT2D eigenvalue weighted by Crippen LogP contribution is 2.41. The topological polar surface area (TPSA) is 96.3 Å². The number of amides is 1. The molecule has 2 N–H and O–H groups in total. The molecule has 1 atom stereocenters. The highest BCUT2D eigenvalue weighted by molar-refractivity contribution is 9.10. The lowest BCUT2D eigenvalue weighted by Gasteiger charge is -2.25. The van der Waals surface area contributed by atoms with Gasteiger partial charge in [-0.05, 0) is 51.8 Å². The zero-order valence-corrected chi connectivity index (χ0v) is 18.5. The Kier molecular flexibility index (Phi) is 6.70. The lowest BCUT2D eigenvalue weighted by molar-refractivity contribution is -0.140. The summed E-state index contributed by atoms with van der Waals surface area (Å²) in [6, 6.07) is 8.31. The second kappa shape index (κ2) is 9.07. The van der Waals surface area contributed by atoms with Crippen molar-refractivity contribution in [3.05, 3.63) is 62.6 Å². The van der Waals surface area contributed by atoms with Crippen LogP contribution < -0.4 is 4.74 Å². The number of likely N-dealkylation sites (tertiary alicyclic amines) is 1. The van der Waals surface area contributed by atoms with Crippen LogP contribution >= 0.6 is 27.5 Å². The van der Waals surface area contributed by atoms with Gasteiger partial charge in [-0.3, -0.25) is 9.59 Å². The van der Waals surface area contributed by atoms with Crippen molar-refractivity contribution < 1.29 is 29.3 Å². The van der Waals surface area contributed by atoms with Crippen LogP contribution in [0.15, 0.2) is 46.4 Å². The first-order chi connectivity index (χ1) is 14.3. The number of phenolic OH excluding ortho intramolecular Hbond substituents is 1. The molecule has 1 fully saturated rings. The Balaban J connectivity index is 2.19. The molecule has 30 heavy (non-hydrogen) atoms. The highest BCUT2D eigenvalue weighted by Gasteiger charge is 2.46. The quantitative estimate of drug-likeness (QED) is 0.358. The smallest absolute Gasteiger partial charge is 0.295 e. The number of benzene rings is 2. The Hall–Kier alpha value is -2.55. The van der Waals surface area contributed by atoms with Gasteiger partial charge in [0.2, 0.25) is 0 Å². The minimum Gasteiger partial charge on any atom is -0.507 e. The van der Waals surface area contributed by atoms with E-state index in [1.807, 2.05) is 0 Å². The van der Waals surface area contributed by atoms with Crippen LogP contribution in [0.2, 0.25) is 5.02 Å². The van der Waals surface area contributed by atoms with Crippen molar-refractivity contribution in [3.8, 4) is 11.5 Å². The van der Waals surface area contributed by atoms with E-state index in [1.54, 1.807) is 24.3 Å². The number of carbonyl (C=O) groups is 2. The zero-order chi connectivity index (χ0) is 22.0. The predicted molar refractivity (Wildman–Crippen MR) is 115 cm³/mol. The summed E-state index contributed by atoms with van der Waals surface area (Å²) >= 11 is 9.41. The molecule has 1 unspecified atom stereocenters. The third-order valence-corrected chi connectivity index (χ3v) is 5.71. The highest BCUT2D eigenvalue weighted by atomic mass is 79.9. The number of methoxy groups -OCH3 is 2. The molecule has 0 aliphatic carbocycles. The number of Topliss-reactive ketones (excluding diaryl/α,β-unsaturated/α-hetero) is 1. The largest absolute Gasteiger partial charge is 0.507 e. The first-order valence-corrected chi connectivity index (χ1v) is 10.1. The molecule has 0 bridgehead atoms. The van der Waals surface area contributed by atoms with E-state index < -0.39 is 17.7 Å². The van der Waals surface area contributed by atoms with Crippen molar-refractivity contribution in [1.29, 1.82) is 0 Å². The summed E-state index contributed by atoms with van der Waals surface area (Å²) in [4.78, 5) is 26.9. The number of aliphatic hydroxyl groups excluding tert-OH is 1. The van der Waals surface area contributed by atoms with E-state index in [4.69, 9.17) is 21.1 Å². The second-order valence-corrected chi connectivity index (χ2v) is 7.81. The van der Waals surface area contributed by atoms with Crippen molar-refractivity contribution in [1.82, 2.24) is 4.90 Å². The van der Waals surface area contributed by atoms with Gasteiger partial charge in [-0.1, -0.05) is 17.7 Å². The summed E-state index contributed by atoms with van der Waals surface area (Å²) in [5, 5.41) is 20.8. The molecule has 7 nitrogen and oxygen atoms in total. The molecule has 1 saturated heterocycles. The van der Waals surface area contributed by atoms with Gasteiger partial charge < -0.3 is 24.6 Å². The van der Waals surface area contributed by atoms with Crippen LogP contribution in [0.3, 0.4) is 0 Å². The lowest BCUT2D eigenvalue weighted by atomic mass is 9.95. The number of aromatic hydroxyl groups is 1. The molecular weight excluding hydrogens is 478 g/mol. The molecule has 3 rings (SSSR count). The summed E-state index contributed by atoms with van der Waals surface area (Å²) in [7, 11) is 2.99. The molecule has 0 saturated carbocycles. The predicted octanol–water partition coefficient (Wildman–Crippen LogP) is 3.88. The number of hydrogen-bond donors (Lipinski definition) is 2. The van der Waals surface area contributed by atoms with Crippen molar-refractivity contribution in [3.63, 3.8) is 0 Å². The van der Waals surface area contributed by atoms with Gasteiger partial charge in [-0.25, -0.2) is 0 Å². The molecule has 2 aromatic rings. The molecule has 0 spiro atoms. The monoisotopic (exact) mass is 495 g/mol. The molecule has 1 heterocycles. The second-order valence-electron chi connectivity index (χ2n) is 6.55. The standard InChI is InChI=1S/C21H19BrClNO6/c1-29-8-7-24-18(11-3-5-15(25)14(23)10-11)17(20(27)21(24)28)19(26)12-4-6-16(30-2)13(22)9-12/h3-6,9-10,18,25-26H,7-8H2,1-2H3/b19-17-. The van der Waals surface area contributed by atoms with E-state index in [9.17, 15) is 19.8 Å². The average Bonchev–Trinajstić information content (AvgIpc) is 2.98. The van der Waals surface area contributed by atoms with Crippen LogP contribution in [-0.2, 0) is 14.3 Å². The third-order valence-electron chi connectivity index (χ3n) is 4.79. The van der Waals surface area contributed by atoms with E-state index in [-0.39, 0.29) is 35.3 Å². The van der Waals surface area contributed by atoms with Gasteiger partial charge in [0.1, 0.15) is 17.3 Å². The van der Waals surface area contributed by atoms with Crippen molar-refractivity contribution >= 4 is 45.0 Å². The van der Waals surface area contributed by atoms with Gasteiger partial charge in [0, 0.05) is 19.2 Å². The molecule has 9 heteroatoms. The van der Waals surface area contributed by atoms with Crippen LogP contribution in [0.25, 0.3) is 5.76 Å². The first-order valence-electron chi connectivity index (χ1n) is 8.89. The summed E-state index contributed by atoms with van der Waals surface area (Å²) in [6.07, 6.45) is 0. The van der Waals surface area contributed by atoms with Crippen molar-refractivity contribution in [2.75, 3.05) is 27.4 Å². The molecule has 0 aromatic heterocycles. The summed E-state index contributed by atoms with van der Waals surface area (Å²) < 4.78 is 10.8. The van der Waals surface area contributed by atoms with E-state index in [0.717, 1.165) is 0 Å². The van der Waals surface area contributed by atoms with Crippen LogP contribution in [-0.4, -0.2) is 54.2 Å². The lowest BCUT2D eigenvalue weighted by Crippen LogP contribution is -2.32. The minimum atomic E-state index is -0.890. The average molecular weight is 497 g/mol. The van der Waals surface area contributed by atoms with Crippen LogP contribution in [0.1, 0.15) is 17.2 Å². The Morgan fingerprint density at radius 1 is 1.20 bits per heavy atom. The Bertz CT molecular complexity index is 1040. The van der Waals surface area contributed by atoms with Crippen LogP contribution in [0, 0.1) is 0 Å². The van der Waals surface area contributed by atoms with Crippen LogP contribution in [0.5, 0.6) is 11.5 Å². The minimum absolute atomic E-state index is 0.0667. The number of phenols is 1. The van der Waals surface area contributed by atoms with E-state index in [1.165, 1.54) is 31.3 Å². The maximum Gasteiger partial charge on any atom is 0.295 e. The van der Waals surface area contributed by atoms with Crippen molar-refractivity contribution in [2.45, 2.75) is 6.04 Å². The summed E-state index contributed by atoms with van der Waals surface area (Å²) in [5.41, 5.74) is 0.736. The molecule has 158 valence electrons. The summed E-state index contributed by atoms with van der Waals surface area (Å²) in [5.74, 6) is -1.48. The number of nitrogens with zero attached hydrogens (tertiary/aromatic N) is 1. The normalized spacial score (nSPS) is 18.1. The SMILES string of the molecule is COCCN1C(=O)C(=O)/C(=C(\O)c2ccc(OC)c(Br)c2)C1c1ccc(O)c(Cl)c1. The number of ether oxygens (including phenoxy) is 2. The molecular formula is C21H19BrClNO6. The van der Waals surface area contributed by atoms with Gasteiger partial charge in [0.05, 0.1) is 34.8 Å². The van der Waals surface area contributed by atoms with Gasteiger partial charge in [0.15, 0.2) is 0 Å². The van der Waals surface area contributed by atoms with Gasteiger partial charge in [-0.2, -0.15) is 0 Å². The van der Waals surface area contributed by atoms with E-state index in [2.05, 4.69) is 15.9 Å². The Labute approximate surface area is 186 Å². The Morgan fingerprint density at radius 3 is 2.53 bits per heavy atom. The number of aliphatic hydroxyl groups is 1. The van der Waals surface area contributed by atoms with E-state index in [0.29, 0.717) is 21.3 Å². The van der Waals surface area contributed by atoms with Crippen LogP contribution in [0.4, 0.5) is 0 Å². The molecule has 0 radical (unpaired) electrons. The molecule has 1 aliphatic rings. The number of hydrogen-bond acceptors (Lipinski definition) is 6. The van der Waals surface area contributed by atoms with Gasteiger partial charge >= 0.3 is 0 Å². The van der Waals surface area contributed by atoms with E-state index >= 15 is 0 Å². The number of rotatable bonds is 6.